The van der Waals surface area contributed by atoms with Crippen molar-refractivity contribution in [3.05, 3.63) is 143 Å². The van der Waals surface area contributed by atoms with Gasteiger partial charge < -0.3 is 9.13 Å². The summed E-state index contributed by atoms with van der Waals surface area (Å²) in [6, 6.07) is 28.4. The third-order valence-corrected chi connectivity index (χ3v) is 9.42. The van der Waals surface area contributed by atoms with Crippen molar-refractivity contribution in [2.45, 2.75) is 18.5 Å². The fourth-order valence-corrected chi connectivity index (χ4v) is 7.09. The molecule has 2 heterocycles. The fraction of sp³-hybridized carbons (Fsp3) is 0.0732. The van der Waals surface area contributed by atoms with Gasteiger partial charge in [0.2, 0.25) is 0 Å². The number of alkyl halides is 9. The monoisotopic (exact) mass is 738 g/mol. The first-order valence-electron chi connectivity index (χ1n) is 16.0. The van der Waals surface area contributed by atoms with Crippen molar-refractivity contribution >= 4 is 43.6 Å². The molecule has 0 saturated carbocycles. The highest BCUT2D eigenvalue weighted by Crippen LogP contribution is 2.44. The number of halogens is 9. The predicted molar refractivity (Wildman–Crippen MR) is 185 cm³/mol. The molecule has 266 valence electrons. The Balaban J connectivity index is 1.59. The first kappa shape index (κ1) is 34.4. The van der Waals surface area contributed by atoms with Gasteiger partial charge in [-0.05, 0) is 72.3 Å². The molecule has 0 aliphatic heterocycles. The van der Waals surface area contributed by atoms with Crippen molar-refractivity contribution < 1.29 is 39.5 Å². The molecule has 0 N–H and O–H groups in total. The second kappa shape index (κ2) is 11.9. The highest BCUT2D eigenvalue weighted by Gasteiger charge is 2.34. The second-order valence-corrected chi connectivity index (χ2v) is 12.6. The quantitative estimate of drug-likeness (QED) is 0.170. The van der Waals surface area contributed by atoms with Gasteiger partial charge in [-0.1, -0.05) is 48.5 Å². The molecule has 2 aromatic heterocycles. The molecule has 0 aliphatic carbocycles. The largest absolute Gasteiger partial charge is 0.416 e. The Bertz CT molecular complexity index is 2930. The van der Waals surface area contributed by atoms with Crippen molar-refractivity contribution in [3.8, 4) is 34.6 Å². The van der Waals surface area contributed by atoms with Crippen LogP contribution in [-0.2, 0) is 18.5 Å². The Morgan fingerprint density at radius 1 is 0.426 bits per heavy atom. The van der Waals surface area contributed by atoms with E-state index in [2.05, 4.69) is 0 Å². The average molecular weight is 739 g/mol. The summed E-state index contributed by atoms with van der Waals surface area (Å²) in [6.07, 6.45) is -14.4. The van der Waals surface area contributed by atoms with Gasteiger partial charge in [-0.3, -0.25) is 0 Å². The lowest BCUT2D eigenvalue weighted by atomic mass is 9.95. The second-order valence-electron chi connectivity index (χ2n) is 12.6. The molecule has 0 bridgehead atoms. The molecule has 0 unspecified atom stereocenters. The molecule has 0 amide bonds. The van der Waals surface area contributed by atoms with E-state index in [1.165, 1.54) is 33.4 Å². The Kier molecular flexibility index (Phi) is 7.57. The summed E-state index contributed by atoms with van der Waals surface area (Å²) in [5.41, 5.74) is -3.15. The van der Waals surface area contributed by atoms with Crippen molar-refractivity contribution in [1.29, 1.82) is 10.5 Å². The third-order valence-electron chi connectivity index (χ3n) is 9.42. The minimum atomic E-state index is -4.89. The van der Waals surface area contributed by atoms with Gasteiger partial charge in [-0.25, -0.2) is 0 Å². The third kappa shape index (κ3) is 5.48. The maximum Gasteiger partial charge on any atom is 0.416 e. The van der Waals surface area contributed by atoms with E-state index in [1.807, 2.05) is 6.07 Å². The van der Waals surface area contributed by atoms with Crippen molar-refractivity contribution in [2.24, 2.45) is 0 Å². The van der Waals surface area contributed by atoms with Crippen LogP contribution in [0, 0.1) is 22.7 Å². The lowest BCUT2D eigenvalue weighted by molar-refractivity contribution is -0.138. The molecular weight excluding hydrogens is 719 g/mol. The molecule has 13 heteroatoms. The van der Waals surface area contributed by atoms with E-state index in [4.69, 9.17) is 0 Å². The number of benzene rings is 6. The van der Waals surface area contributed by atoms with Gasteiger partial charge in [0, 0.05) is 27.1 Å². The Labute approximate surface area is 298 Å². The number of hydrogen-bond donors (Lipinski definition) is 0. The number of nitriles is 2. The van der Waals surface area contributed by atoms with Gasteiger partial charge in [0.25, 0.3) is 0 Å². The number of hydrogen-bond acceptors (Lipinski definition) is 2. The van der Waals surface area contributed by atoms with Crippen molar-refractivity contribution in [3.63, 3.8) is 0 Å². The highest BCUT2D eigenvalue weighted by atomic mass is 19.4. The zero-order chi connectivity index (χ0) is 38.3. The zero-order valence-corrected chi connectivity index (χ0v) is 27.2. The maximum absolute atomic E-state index is 14.2. The highest BCUT2D eigenvalue weighted by molar-refractivity contribution is 6.12. The summed E-state index contributed by atoms with van der Waals surface area (Å²) in [4.78, 5) is 0. The molecular formula is C41H19F9N4. The topological polar surface area (TPSA) is 57.4 Å². The molecule has 8 aromatic rings. The summed E-state index contributed by atoms with van der Waals surface area (Å²) < 4.78 is 130. The van der Waals surface area contributed by atoms with Gasteiger partial charge in [0.15, 0.2) is 0 Å². The molecule has 0 spiro atoms. The minimum Gasteiger partial charge on any atom is -0.307 e. The SMILES string of the molecule is N#Cc1cc(-c2cc(-n3c4ccccc4c4ccc(C(F)(F)F)cc43)c(-n3c4ccccc4c4ccc(C(F)(F)F)cc43)cc2C#N)cc(C(F)(F)F)c1. The fourth-order valence-electron chi connectivity index (χ4n) is 7.09. The van der Waals surface area contributed by atoms with Gasteiger partial charge in [-0.2, -0.15) is 50.0 Å². The van der Waals surface area contributed by atoms with Crippen LogP contribution in [0.15, 0.2) is 115 Å². The summed E-state index contributed by atoms with van der Waals surface area (Å²) in [7, 11) is 0. The van der Waals surface area contributed by atoms with Crippen molar-refractivity contribution in [1.82, 2.24) is 9.13 Å². The molecule has 0 saturated heterocycles. The summed E-state index contributed by atoms with van der Waals surface area (Å²) in [5, 5.41) is 21.9. The predicted octanol–water partition coefficient (Wildman–Crippen LogP) is 12.3. The molecule has 0 fully saturated rings. The number of aromatic nitrogens is 2. The molecule has 54 heavy (non-hydrogen) atoms. The molecule has 0 radical (unpaired) electrons. The van der Waals surface area contributed by atoms with Crippen LogP contribution in [0.3, 0.4) is 0 Å². The van der Waals surface area contributed by atoms with Gasteiger partial charge >= 0.3 is 18.5 Å². The number of para-hydroxylation sites is 2. The number of nitrogens with zero attached hydrogens (tertiary/aromatic N) is 4. The van der Waals surface area contributed by atoms with Crippen LogP contribution < -0.4 is 0 Å². The van der Waals surface area contributed by atoms with Crippen LogP contribution in [0.5, 0.6) is 0 Å². The summed E-state index contributed by atoms with van der Waals surface area (Å²) in [6.45, 7) is 0. The average Bonchev–Trinajstić information content (AvgIpc) is 3.65. The zero-order valence-electron chi connectivity index (χ0n) is 27.2. The van der Waals surface area contributed by atoms with Crippen LogP contribution in [0.25, 0.3) is 66.1 Å². The Morgan fingerprint density at radius 3 is 1.35 bits per heavy atom. The molecule has 0 aliphatic rings. The number of rotatable bonds is 3. The summed E-state index contributed by atoms with van der Waals surface area (Å²) in [5.74, 6) is 0. The van der Waals surface area contributed by atoms with Crippen LogP contribution in [0.2, 0.25) is 0 Å². The van der Waals surface area contributed by atoms with E-state index in [1.54, 1.807) is 54.6 Å². The molecule has 8 rings (SSSR count). The van der Waals surface area contributed by atoms with E-state index in [0.717, 1.165) is 36.4 Å². The van der Waals surface area contributed by atoms with E-state index in [9.17, 15) is 50.0 Å². The van der Waals surface area contributed by atoms with Gasteiger partial charge in [0.1, 0.15) is 0 Å². The van der Waals surface area contributed by atoms with Crippen LogP contribution in [-0.4, -0.2) is 9.13 Å². The molecule has 4 nitrogen and oxygen atoms in total. The van der Waals surface area contributed by atoms with Crippen LogP contribution >= 0.6 is 0 Å². The number of fused-ring (bicyclic) bond motifs is 6. The van der Waals surface area contributed by atoms with Crippen LogP contribution in [0.1, 0.15) is 27.8 Å². The first-order chi connectivity index (χ1) is 25.6. The van der Waals surface area contributed by atoms with Crippen LogP contribution in [0.4, 0.5) is 39.5 Å². The lowest BCUT2D eigenvalue weighted by Gasteiger charge is -2.20. The maximum atomic E-state index is 14.2. The van der Waals surface area contributed by atoms with Gasteiger partial charge in [0.05, 0.1) is 73.4 Å². The molecule has 6 aromatic carbocycles. The smallest absolute Gasteiger partial charge is 0.307 e. The Morgan fingerprint density at radius 2 is 0.889 bits per heavy atom. The normalized spacial score (nSPS) is 12.5. The van der Waals surface area contributed by atoms with Gasteiger partial charge in [-0.15, -0.1) is 0 Å². The Hall–Kier alpha value is -6.73. The van der Waals surface area contributed by atoms with Crippen molar-refractivity contribution in [2.75, 3.05) is 0 Å². The summed E-state index contributed by atoms with van der Waals surface area (Å²) >= 11 is 0. The molecule has 0 atom stereocenters. The minimum absolute atomic E-state index is 0.0291. The van der Waals surface area contributed by atoms with E-state index >= 15 is 0 Å². The standard InChI is InChI=1S/C41H19F9N4/c42-39(43,44)25-9-11-30-28-5-1-3-7-33(28)53(35(30)17-25)37-16-24(21-52)32(23-13-22(20-51)14-27(15-23)41(48,49)50)19-38(37)54-34-8-4-2-6-29(34)31-12-10-26(18-36(31)54)40(45,46)47/h1-19H. The lowest BCUT2D eigenvalue weighted by Crippen LogP contribution is -2.08. The van der Waals surface area contributed by atoms with E-state index < -0.39 is 35.2 Å². The van der Waals surface area contributed by atoms with E-state index in [0.29, 0.717) is 38.6 Å². The van der Waals surface area contributed by atoms with E-state index in [-0.39, 0.29) is 44.7 Å². The first-order valence-corrected chi connectivity index (χ1v) is 16.0.